The van der Waals surface area contributed by atoms with Crippen molar-refractivity contribution in [2.24, 2.45) is 0 Å². The molecule has 0 aliphatic rings. The van der Waals surface area contributed by atoms with Crippen LogP contribution in [-0.2, 0) is 67.2 Å². The Morgan fingerprint density at radius 1 is 0.361 bits per heavy atom. The van der Waals surface area contributed by atoms with Crippen LogP contribution in [0.4, 0.5) is 0 Å². The smallest absolute Gasteiger partial charge is 0.338 e. The molecule has 0 spiro atoms. The van der Waals surface area contributed by atoms with Gasteiger partial charge >= 0.3 is 5.97 Å². The summed E-state index contributed by atoms with van der Waals surface area (Å²) < 4.78 is 74.3. The molecule has 4 rings (SSSR count). The number of hydrogen-bond acceptors (Lipinski definition) is 14. The minimum absolute atomic E-state index is 0.171. The first-order chi connectivity index (χ1) is 30.2. The molecule has 0 atom stereocenters. The highest BCUT2D eigenvalue weighted by Gasteiger charge is 2.20. The van der Waals surface area contributed by atoms with Crippen molar-refractivity contribution >= 4 is 5.97 Å². The van der Waals surface area contributed by atoms with Gasteiger partial charge in [0, 0.05) is 0 Å². The number of esters is 1. The van der Waals surface area contributed by atoms with Gasteiger partial charge in [0.1, 0.15) is 19.8 Å². The zero-order valence-electron chi connectivity index (χ0n) is 35.4. The van der Waals surface area contributed by atoms with E-state index < -0.39 is 5.97 Å². The van der Waals surface area contributed by atoms with E-state index in [1.54, 1.807) is 12.1 Å². The van der Waals surface area contributed by atoms with E-state index in [-0.39, 0.29) is 56.7 Å². The number of carbonyl (C=O) groups is 1. The Bertz CT molecular complexity index is 1580. The summed E-state index contributed by atoms with van der Waals surface area (Å²) in [4.78, 5) is 12.7. The summed E-state index contributed by atoms with van der Waals surface area (Å²) in [5.74, 6) is 0.324. The third kappa shape index (κ3) is 22.7. The van der Waals surface area contributed by atoms with E-state index in [2.05, 4.69) is 0 Å². The highest BCUT2D eigenvalue weighted by atomic mass is 16.6. The van der Waals surface area contributed by atoms with Crippen molar-refractivity contribution in [3.63, 3.8) is 0 Å². The summed E-state index contributed by atoms with van der Waals surface area (Å²) in [5, 5.41) is 0. The minimum Gasteiger partial charge on any atom is -0.487 e. The van der Waals surface area contributed by atoms with Gasteiger partial charge in [0.15, 0.2) is 11.5 Å². The lowest BCUT2D eigenvalue weighted by molar-refractivity contribution is 0.00366. The van der Waals surface area contributed by atoms with Crippen LogP contribution >= 0.6 is 0 Å². The summed E-state index contributed by atoms with van der Waals surface area (Å²) in [5.41, 5.74) is 3.58. The molecule has 0 N–H and O–H groups in total. The number of hydrogen-bond donors (Lipinski definition) is 0. The standard InChI is InChI=1S/C47H62O14/c1-49-47(48)43-35-44(59-32-29-53-20-17-50-23-26-56-37-40-11-5-2-6-12-40)46(61-34-31-55-22-19-52-25-28-58-39-42-15-9-4-10-16-42)45(36-43)60-33-30-54-21-18-51-24-27-57-38-41-13-7-3-8-14-41/h2-16,35-36H,17-34,37-39H2,1H3. The Kier molecular flexibility index (Phi) is 26.6. The van der Waals surface area contributed by atoms with Gasteiger partial charge < -0.3 is 61.6 Å². The maximum Gasteiger partial charge on any atom is 0.338 e. The first kappa shape index (κ1) is 49.0. The molecule has 0 unspecified atom stereocenters. The van der Waals surface area contributed by atoms with Crippen molar-refractivity contribution < 1.29 is 66.4 Å². The van der Waals surface area contributed by atoms with Gasteiger partial charge in [0.2, 0.25) is 5.75 Å². The quantitative estimate of drug-likeness (QED) is 0.0368. The molecular weight excluding hydrogens is 789 g/mol. The fraction of sp³-hybridized carbons (Fsp3) is 0.468. The molecule has 0 aliphatic carbocycles. The summed E-state index contributed by atoms with van der Waals surface area (Å²) in [6, 6.07) is 33.1. The van der Waals surface area contributed by atoms with E-state index >= 15 is 0 Å². The third-order valence-corrected chi connectivity index (χ3v) is 8.45. The van der Waals surface area contributed by atoms with E-state index in [0.717, 1.165) is 16.7 Å². The van der Waals surface area contributed by atoms with Crippen LogP contribution in [0.5, 0.6) is 17.2 Å². The van der Waals surface area contributed by atoms with Crippen LogP contribution in [0.25, 0.3) is 0 Å². The molecular formula is C47H62O14. The Morgan fingerprint density at radius 2 is 0.639 bits per heavy atom. The van der Waals surface area contributed by atoms with Gasteiger partial charge in [-0.05, 0) is 28.8 Å². The van der Waals surface area contributed by atoms with E-state index in [1.165, 1.54) is 7.11 Å². The number of benzene rings is 4. The summed E-state index contributed by atoms with van der Waals surface area (Å²) in [7, 11) is 1.31. The molecule has 0 bridgehead atoms. The zero-order valence-corrected chi connectivity index (χ0v) is 35.4. The monoisotopic (exact) mass is 850 g/mol. The van der Waals surface area contributed by atoms with Crippen molar-refractivity contribution in [2.75, 3.05) is 126 Å². The van der Waals surface area contributed by atoms with E-state index in [0.29, 0.717) is 105 Å². The molecule has 0 saturated heterocycles. The number of ether oxygens (including phenoxy) is 13. The second kappa shape index (κ2) is 33.1. The normalized spacial score (nSPS) is 11.1. The Labute approximate surface area is 360 Å². The van der Waals surface area contributed by atoms with Crippen LogP contribution in [0, 0.1) is 0 Å². The molecule has 0 saturated carbocycles. The average molecular weight is 851 g/mol. The molecule has 4 aromatic carbocycles. The molecule has 0 heterocycles. The summed E-state index contributed by atoms with van der Waals surface area (Å²) >= 11 is 0. The van der Waals surface area contributed by atoms with Gasteiger partial charge in [0.05, 0.1) is 132 Å². The first-order valence-corrected chi connectivity index (χ1v) is 20.7. The highest BCUT2D eigenvalue weighted by molar-refractivity contribution is 5.91. The average Bonchev–Trinajstić information content (AvgIpc) is 3.30. The fourth-order valence-corrected chi connectivity index (χ4v) is 5.41. The predicted octanol–water partition coefficient (Wildman–Crippen LogP) is 6.36. The number of methoxy groups -OCH3 is 1. The van der Waals surface area contributed by atoms with Gasteiger partial charge in [-0.1, -0.05) is 91.0 Å². The van der Waals surface area contributed by atoms with Crippen molar-refractivity contribution in [1.29, 1.82) is 0 Å². The van der Waals surface area contributed by atoms with Gasteiger partial charge in [-0.25, -0.2) is 4.79 Å². The van der Waals surface area contributed by atoms with Crippen molar-refractivity contribution in [3.8, 4) is 17.2 Å². The van der Waals surface area contributed by atoms with Gasteiger partial charge in [-0.15, -0.1) is 0 Å². The minimum atomic E-state index is -0.558. The van der Waals surface area contributed by atoms with Gasteiger partial charge in [0.25, 0.3) is 0 Å². The molecule has 4 aromatic rings. The molecule has 14 heteroatoms. The molecule has 0 fully saturated rings. The molecule has 0 amide bonds. The van der Waals surface area contributed by atoms with E-state index in [9.17, 15) is 4.79 Å². The zero-order chi connectivity index (χ0) is 42.7. The lowest BCUT2D eigenvalue weighted by atomic mass is 10.2. The van der Waals surface area contributed by atoms with Gasteiger partial charge in [-0.3, -0.25) is 0 Å². The maximum absolute atomic E-state index is 12.7. The van der Waals surface area contributed by atoms with Crippen LogP contribution < -0.4 is 14.2 Å². The maximum atomic E-state index is 12.7. The van der Waals surface area contributed by atoms with Crippen LogP contribution in [0.2, 0.25) is 0 Å². The Hall–Kier alpha value is -4.61. The molecule has 334 valence electrons. The SMILES string of the molecule is COC(=O)c1cc(OCCOCCOCCOCc2ccccc2)c(OCCOCCOCCOCc2ccccc2)c(OCCOCCOCCOCc2ccccc2)c1. The van der Waals surface area contributed by atoms with Crippen molar-refractivity contribution in [2.45, 2.75) is 19.8 Å². The lowest BCUT2D eigenvalue weighted by Gasteiger charge is -2.18. The van der Waals surface area contributed by atoms with Crippen LogP contribution in [0.3, 0.4) is 0 Å². The number of rotatable bonds is 37. The summed E-state index contributed by atoms with van der Waals surface area (Å²) in [6.45, 7) is 8.11. The van der Waals surface area contributed by atoms with Crippen LogP contribution in [0.1, 0.15) is 27.0 Å². The van der Waals surface area contributed by atoms with Gasteiger partial charge in [-0.2, -0.15) is 0 Å². The Balaban J connectivity index is 1.17. The van der Waals surface area contributed by atoms with Crippen molar-refractivity contribution in [1.82, 2.24) is 0 Å². The summed E-state index contributed by atoms with van der Waals surface area (Å²) in [6.07, 6.45) is 0. The number of carbonyl (C=O) groups excluding carboxylic acids is 1. The predicted molar refractivity (Wildman–Crippen MR) is 227 cm³/mol. The van der Waals surface area contributed by atoms with E-state index in [1.807, 2.05) is 91.0 Å². The Morgan fingerprint density at radius 3 is 0.951 bits per heavy atom. The molecule has 0 radical (unpaired) electrons. The van der Waals surface area contributed by atoms with Crippen LogP contribution in [-0.4, -0.2) is 132 Å². The molecule has 0 aromatic heterocycles. The molecule has 61 heavy (non-hydrogen) atoms. The van der Waals surface area contributed by atoms with Crippen molar-refractivity contribution in [3.05, 3.63) is 125 Å². The second-order valence-corrected chi connectivity index (χ2v) is 13.1. The topological polar surface area (TPSA) is 137 Å². The second-order valence-electron chi connectivity index (χ2n) is 13.1. The molecule has 14 nitrogen and oxygen atoms in total. The lowest BCUT2D eigenvalue weighted by Crippen LogP contribution is -2.16. The van der Waals surface area contributed by atoms with E-state index in [4.69, 9.17) is 61.6 Å². The fourth-order valence-electron chi connectivity index (χ4n) is 5.41. The largest absolute Gasteiger partial charge is 0.487 e. The molecule has 0 aliphatic heterocycles. The highest BCUT2D eigenvalue weighted by Crippen LogP contribution is 2.39. The first-order valence-electron chi connectivity index (χ1n) is 20.7. The third-order valence-electron chi connectivity index (χ3n) is 8.45. The van der Waals surface area contributed by atoms with Crippen LogP contribution in [0.15, 0.2) is 103 Å².